The molecular formula is C19H16FNO5S. The molecule has 0 radical (unpaired) electrons. The predicted molar refractivity (Wildman–Crippen MR) is 99.8 cm³/mol. The topological polar surface area (TPSA) is 99.8 Å². The maximum absolute atomic E-state index is 13.2. The molecule has 1 aliphatic rings. The van der Waals surface area contributed by atoms with Crippen molar-refractivity contribution < 1.29 is 27.5 Å². The van der Waals surface area contributed by atoms with Gasteiger partial charge in [-0.1, -0.05) is 0 Å². The molecule has 0 bridgehead atoms. The quantitative estimate of drug-likeness (QED) is 0.540. The molecule has 1 aliphatic carbocycles. The summed E-state index contributed by atoms with van der Waals surface area (Å²) in [6.07, 6.45) is 1.96. The molecule has 0 aliphatic heterocycles. The molecular weight excluding hydrogens is 373 g/mol. The van der Waals surface area contributed by atoms with E-state index in [0.717, 1.165) is 18.4 Å². The fourth-order valence-corrected chi connectivity index (χ4v) is 3.48. The van der Waals surface area contributed by atoms with Crippen molar-refractivity contribution in [2.75, 3.05) is 11.2 Å². The van der Waals surface area contributed by atoms with E-state index in [1.54, 1.807) is 12.1 Å². The normalized spacial score (nSPS) is 15.0. The highest BCUT2D eigenvalue weighted by Gasteiger charge is 2.29. The van der Waals surface area contributed by atoms with Gasteiger partial charge >= 0.3 is 5.97 Å². The molecule has 1 saturated carbocycles. The zero-order chi connectivity index (χ0) is 19.1. The van der Waals surface area contributed by atoms with Gasteiger partial charge in [-0.05, 0) is 54.7 Å². The van der Waals surface area contributed by atoms with Crippen molar-refractivity contribution in [2.24, 2.45) is 0 Å². The number of carbonyl (C=O) groups is 1. The van der Waals surface area contributed by atoms with Gasteiger partial charge in [0.05, 0.1) is 0 Å². The first-order valence-electron chi connectivity index (χ1n) is 8.35. The van der Waals surface area contributed by atoms with Gasteiger partial charge in [0.15, 0.2) is 11.1 Å². The SMILES string of the molecule is O=C(O)c1c(-c2ccc(F)cc2)oc2cc(NCS(=O)O)c(C3CC3)cc12. The summed E-state index contributed by atoms with van der Waals surface area (Å²) in [7, 11) is 0. The highest BCUT2D eigenvalue weighted by atomic mass is 32.2. The largest absolute Gasteiger partial charge is 0.478 e. The van der Waals surface area contributed by atoms with E-state index in [9.17, 15) is 18.5 Å². The Balaban J connectivity index is 1.90. The fourth-order valence-electron chi connectivity index (χ4n) is 3.20. The van der Waals surface area contributed by atoms with E-state index in [0.29, 0.717) is 22.2 Å². The van der Waals surface area contributed by atoms with Crippen LogP contribution in [-0.4, -0.2) is 25.7 Å². The number of benzene rings is 2. The number of aromatic carboxylic acids is 1. The summed E-state index contributed by atoms with van der Waals surface area (Å²) in [5.74, 6) is -1.25. The summed E-state index contributed by atoms with van der Waals surface area (Å²) < 4.78 is 39.1. The second-order valence-electron chi connectivity index (χ2n) is 6.47. The summed E-state index contributed by atoms with van der Waals surface area (Å²) in [6, 6.07) is 8.86. The summed E-state index contributed by atoms with van der Waals surface area (Å²) >= 11 is -2.01. The van der Waals surface area contributed by atoms with Gasteiger partial charge < -0.3 is 19.4 Å². The standard InChI is InChI=1S/C19H16FNO5S/c20-12-5-3-11(4-6-12)18-17(19(22)23)14-7-13(10-1-2-10)15(8-16(14)26-18)21-9-27(24)25/h3-8,10,21H,1-2,9H2,(H,22,23)(H,24,25). The van der Waals surface area contributed by atoms with Crippen molar-refractivity contribution in [3.8, 4) is 11.3 Å². The molecule has 0 amide bonds. The van der Waals surface area contributed by atoms with Crippen LogP contribution in [0.25, 0.3) is 22.3 Å². The van der Waals surface area contributed by atoms with Crippen LogP contribution in [0.1, 0.15) is 34.7 Å². The number of nitrogens with one attached hydrogen (secondary N) is 1. The lowest BCUT2D eigenvalue weighted by atomic mass is 10.0. The summed E-state index contributed by atoms with van der Waals surface area (Å²) in [5, 5.41) is 13.1. The first-order chi connectivity index (χ1) is 12.9. The van der Waals surface area contributed by atoms with Gasteiger partial charge in [-0.15, -0.1) is 0 Å². The Bertz CT molecular complexity index is 1060. The Kier molecular flexibility index (Phi) is 4.45. The van der Waals surface area contributed by atoms with Gasteiger partial charge in [0.1, 0.15) is 28.6 Å². The van der Waals surface area contributed by atoms with Crippen LogP contribution in [0, 0.1) is 5.82 Å². The van der Waals surface area contributed by atoms with Crippen LogP contribution in [-0.2, 0) is 11.1 Å². The van der Waals surface area contributed by atoms with E-state index in [4.69, 9.17) is 8.97 Å². The average molecular weight is 389 g/mol. The maximum atomic E-state index is 13.2. The monoisotopic (exact) mass is 389 g/mol. The number of carboxylic acid groups (broad SMARTS) is 1. The Labute approximate surface area is 156 Å². The summed E-state index contributed by atoms with van der Waals surface area (Å²) in [5.41, 5.74) is 2.40. The molecule has 4 rings (SSSR count). The number of halogens is 1. The van der Waals surface area contributed by atoms with E-state index in [-0.39, 0.29) is 23.1 Å². The van der Waals surface area contributed by atoms with Crippen molar-refractivity contribution in [2.45, 2.75) is 18.8 Å². The molecule has 3 aromatic rings. The van der Waals surface area contributed by atoms with Crippen molar-refractivity contribution >= 4 is 33.7 Å². The van der Waals surface area contributed by atoms with Gasteiger partial charge in [0, 0.05) is 22.7 Å². The lowest BCUT2D eigenvalue weighted by Gasteiger charge is -2.10. The third-order valence-corrected chi connectivity index (χ3v) is 4.97. The molecule has 1 heterocycles. The van der Waals surface area contributed by atoms with Gasteiger partial charge in [-0.2, -0.15) is 0 Å². The van der Waals surface area contributed by atoms with Crippen LogP contribution in [0.5, 0.6) is 0 Å². The van der Waals surface area contributed by atoms with Crippen LogP contribution in [0.3, 0.4) is 0 Å². The van der Waals surface area contributed by atoms with Crippen molar-refractivity contribution in [3.63, 3.8) is 0 Å². The Hall–Kier alpha value is -2.71. The minimum atomic E-state index is -2.01. The van der Waals surface area contributed by atoms with Crippen molar-refractivity contribution in [3.05, 3.63) is 53.3 Å². The third-order valence-electron chi connectivity index (χ3n) is 4.58. The smallest absolute Gasteiger partial charge is 0.340 e. The van der Waals surface area contributed by atoms with Crippen molar-refractivity contribution in [1.29, 1.82) is 0 Å². The maximum Gasteiger partial charge on any atom is 0.340 e. The molecule has 3 N–H and O–H groups in total. The lowest BCUT2D eigenvalue weighted by molar-refractivity contribution is 0.0699. The van der Waals surface area contributed by atoms with E-state index in [1.165, 1.54) is 24.3 Å². The first-order valence-corrected chi connectivity index (χ1v) is 9.62. The molecule has 0 saturated heterocycles. The van der Waals surface area contributed by atoms with Crippen LogP contribution < -0.4 is 5.32 Å². The van der Waals surface area contributed by atoms with Crippen LogP contribution >= 0.6 is 0 Å². The molecule has 1 aromatic heterocycles. The zero-order valence-electron chi connectivity index (χ0n) is 14.1. The molecule has 0 spiro atoms. The third kappa shape index (κ3) is 3.45. The number of hydrogen-bond donors (Lipinski definition) is 3. The number of fused-ring (bicyclic) bond motifs is 1. The lowest BCUT2D eigenvalue weighted by Crippen LogP contribution is -2.08. The van der Waals surface area contributed by atoms with E-state index in [2.05, 4.69) is 5.32 Å². The van der Waals surface area contributed by atoms with Crippen molar-refractivity contribution in [1.82, 2.24) is 0 Å². The number of anilines is 1. The molecule has 1 atom stereocenters. The van der Waals surface area contributed by atoms with Crippen LogP contribution in [0.2, 0.25) is 0 Å². The molecule has 1 unspecified atom stereocenters. The van der Waals surface area contributed by atoms with Gasteiger partial charge in [0.2, 0.25) is 0 Å². The molecule has 6 nitrogen and oxygen atoms in total. The van der Waals surface area contributed by atoms with Crippen LogP contribution in [0.4, 0.5) is 10.1 Å². The molecule has 1 fully saturated rings. The van der Waals surface area contributed by atoms with Gasteiger partial charge in [-0.3, -0.25) is 0 Å². The minimum absolute atomic E-state index is 0.0239. The second kappa shape index (κ2) is 6.79. The van der Waals surface area contributed by atoms with Crippen LogP contribution in [0.15, 0.2) is 40.8 Å². The summed E-state index contributed by atoms with van der Waals surface area (Å²) in [6.45, 7) is 0. The van der Waals surface area contributed by atoms with Gasteiger partial charge in [0.25, 0.3) is 0 Å². The Morgan fingerprint density at radius 1 is 1.26 bits per heavy atom. The van der Waals surface area contributed by atoms with Gasteiger partial charge in [-0.25, -0.2) is 13.4 Å². The number of hydrogen-bond acceptors (Lipinski definition) is 4. The molecule has 2 aromatic carbocycles. The Morgan fingerprint density at radius 2 is 1.96 bits per heavy atom. The average Bonchev–Trinajstić information content (AvgIpc) is 3.40. The van der Waals surface area contributed by atoms with E-state index < -0.39 is 22.9 Å². The molecule has 27 heavy (non-hydrogen) atoms. The van der Waals surface area contributed by atoms with E-state index >= 15 is 0 Å². The fraction of sp³-hybridized carbons (Fsp3) is 0.211. The highest BCUT2D eigenvalue weighted by molar-refractivity contribution is 7.79. The summed E-state index contributed by atoms with van der Waals surface area (Å²) in [4.78, 5) is 11.9. The van der Waals surface area contributed by atoms with E-state index in [1.807, 2.05) is 0 Å². The minimum Gasteiger partial charge on any atom is -0.478 e. The predicted octanol–water partition coefficient (Wildman–Crippen LogP) is 4.41. The first kappa shape index (κ1) is 17.7. The molecule has 140 valence electrons. The Morgan fingerprint density at radius 3 is 2.56 bits per heavy atom. The number of carboxylic acids is 1. The highest BCUT2D eigenvalue weighted by Crippen LogP contribution is 2.46. The second-order valence-corrected chi connectivity index (χ2v) is 7.40. The number of rotatable bonds is 6. The zero-order valence-corrected chi connectivity index (χ0v) is 14.9. The molecule has 8 heteroatoms. The number of furan rings is 1.